The van der Waals surface area contributed by atoms with Crippen LogP contribution in [0.1, 0.15) is 11.5 Å². The predicted molar refractivity (Wildman–Crippen MR) is 56.0 cm³/mol. The Morgan fingerprint density at radius 3 is 2.79 bits per heavy atom. The Morgan fingerprint density at radius 2 is 2.21 bits per heavy atom. The highest BCUT2D eigenvalue weighted by Gasteiger charge is 2.12. The molecule has 2 rings (SSSR count). The number of hydrogen-bond acceptors (Lipinski definition) is 4. The molecule has 0 saturated carbocycles. The predicted octanol–water partition coefficient (Wildman–Crippen LogP) is 0.575. The molecule has 4 nitrogen and oxygen atoms in total. The zero-order valence-corrected chi connectivity index (χ0v) is 8.55. The van der Waals surface area contributed by atoms with Crippen LogP contribution >= 0.6 is 0 Å². The van der Waals surface area contributed by atoms with E-state index < -0.39 is 0 Å². The molecule has 1 aliphatic heterocycles. The van der Waals surface area contributed by atoms with E-state index in [1.807, 2.05) is 13.0 Å². The average Bonchev–Trinajstić information content (AvgIpc) is 2.47. The maximum absolute atomic E-state index is 5.72. The average molecular weight is 195 g/mol. The number of anilines is 1. The molecule has 0 unspecified atom stereocenters. The van der Waals surface area contributed by atoms with Crippen LogP contribution in [0, 0.1) is 6.92 Å². The lowest BCUT2D eigenvalue weighted by Crippen LogP contribution is -2.42. The second-order valence-electron chi connectivity index (χ2n) is 3.75. The first-order chi connectivity index (χ1) is 6.75. The molecule has 0 amide bonds. The summed E-state index contributed by atoms with van der Waals surface area (Å²) in [6.45, 7) is 7.07. The normalized spacial score (nSPS) is 18.6. The van der Waals surface area contributed by atoms with Crippen molar-refractivity contribution in [1.82, 2.24) is 10.2 Å². The minimum Gasteiger partial charge on any atom is -0.463 e. The fourth-order valence-corrected chi connectivity index (χ4v) is 1.73. The molecule has 0 spiro atoms. The van der Waals surface area contributed by atoms with Crippen molar-refractivity contribution in [1.29, 1.82) is 0 Å². The number of piperazine rings is 1. The number of nitrogens with one attached hydrogen (secondary N) is 1. The minimum atomic E-state index is 0.759. The number of nitrogens with zero attached hydrogens (tertiary/aromatic N) is 1. The van der Waals surface area contributed by atoms with E-state index >= 15 is 0 Å². The highest BCUT2D eigenvalue weighted by Crippen LogP contribution is 2.17. The molecule has 0 aromatic carbocycles. The van der Waals surface area contributed by atoms with Gasteiger partial charge in [-0.15, -0.1) is 0 Å². The summed E-state index contributed by atoms with van der Waals surface area (Å²) in [5.74, 6) is 1.80. The van der Waals surface area contributed by atoms with Crippen LogP contribution in [-0.2, 0) is 6.54 Å². The molecule has 1 aliphatic rings. The van der Waals surface area contributed by atoms with Crippen molar-refractivity contribution in [3.8, 4) is 0 Å². The second-order valence-corrected chi connectivity index (χ2v) is 3.75. The molecule has 78 valence electrons. The van der Waals surface area contributed by atoms with E-state index in [0.717, 1.165) is 49.9 Å². The molecule has 2 heterocycles. The van der Waals surface area contributed by atoms with Gasteiger partial charge in [0.05, 0.1) is 12.2 Å². The van der Waals surface area contributed by atoms with Crippen molar-refractivity contribution >= 4 is 5.69 Å². The SMILES string of the molecule is Cc1oc(CN2CCNCC2)cc1N. The van der Waals surface area contributed by atoms with Gasteiger partial charge in [-0.05, 0) is 6.92 Å². The Balaban J connectivity index is 1.95. The Kier molecular flexibility index (Phi) is 2.74. The van der Waals surface area contributed by atoms with Crippen molar-refractivity contribution in [3.63, 3.8) is 0 Å². The van der Waals surface area contributed by atoms with Gasteiger partial charge in [-0.25, -0.2) is 0 Å². The van der Waals surface area contributed by atoms with Gasteiger partial charge in [-0.2, -0.15) is 0 Å². The number of nitrogens with two attached hydrogens (primary N) is 1. The summed E-state index contributed by atoms with van der Waals surface area (Å²) in [6.07, 6.45) is 0. The molecule has 1 aromatic heterocycles. The fraction of sp³-hybridized carbons (Fsp3) is 0.600. The highest BCUT2D eigenvalue weighted by molar-refractivity contribution is 5.42. The third kappa shape index (κ3) is 2.08. The van der Waals surface area contributed by atoms with Crippen LogP contribution in [-0.4, -0.2) is 31.1 Å². The van der Waals surface area contributed by atoms with E-state index in [4.69, 9.17) is 10.2 Å². The van der Waals surface area contributed by atoms with Crippen LogP contribution in [0.3, 0.4) is 0 Å². The van der Waals surface area contributed by atoms with Crippen molar-refractivity contribution < 1.29 is 4.42 Å². The Labute approximate surface area is 84.1 Å². The summed E-state index contributed by atoms with van der Waals surface area (Å²) in [5.41, 5.74) is 6.48. The van der Waals surface area contributed by atoms with Crippen molar-refractivity contribution in [2.45, 2.75) is 13.5 Å². The molecule has 0 bridgehead atoms. The summed E-state index contributed by atoms with van der Waals surface area (Å²) in [6, 6.07) is 1.93. The van der Waals surface area contributed by atoms with Gasteiger partial charge in [0.1, 0.15) is 11.5 Å². The Bertz CT molecular complexity index is 283. The van der Waals surface area contributed by atoms with Gasteiger partial charge >= 0.3 is 0 Å². The first-order valence-corrected chi connectivity index (χ1v) is 5.03. The molecule has 0 radical (unpaired) electrons. The Morgan fingerprint density at radius 1 is 1.50 bits per heavy atom. The number of furan rings is 1. The van der Waals surface area contributed by atoms with E-state index in [2.05, 4.69) is 10.2 Å². The monoisotopic (exact) mass is 195 g/mol. The molecule has 4 heteroatoms. The number of rotatable bonds is 2. The zero-order valence-electron chi connectivity index (χ0n) is 8.55. The molecule has 1 aromatic rings. The van der Waals surface area contributed by atoms with Crippen LogP contribution in [0.5, 0.6) is 0 Å². The van der Waals surface area contributed by atoms with E-state index in [-0.39, 0.29) is 0 Å². The zero-order chi connectivity index (χ0) is 9.97. The number of aryl methyl sites for hydroxylation is 1. The van der Waals surface area contributed by atoms with Gasteiger partial charge in [0.25, 0.3) is 0 Å². The fourth-order valence-electron chi connectivity index (χ4n) is 1.73. The van der Waals surface area contributed by atoms with Crippen molar-refractivity contribution in [2.24, 2.45) is 0 Å². The van der Waals surface area contributed by atoms with E-state index in [1.54, 1.807) is 0 Å². The Hall–Kier alpha value is -1.00. The smallest absolute Gasteiger partial charge is 0.124 e. The molecule has 0 atom stereocenters. The maximum atomic E-state index is 5.72. The molecule has 1 saturated heterocycles. The van der Waals surface area contributed by atoms with Crippen LogP contribution in [0.4, 0.5) is 5.69 Å². The van der Waals surface area contributed by atoms with E-state index in [9.17, 15) is 0 Å². The standard InChI is InChI=1S/C10H17N3O/c1-8-10(11)6-9(14-8)7-13-4-2-12-3-5-13/h6,12H,2-5,7,11H2,1H3. The number of hydrogen-bond donors (Lipinski definition) is 2. The number of nitrogen functional groups attached to an aromatic ring is 1. The van der Waals surface area contributed by atoms with Gasteiger partial charge in [-0.1, -0.05) is 0 Å². The molecular formula is C10H17N3O. The minimum absolute atomic E-state index is 0.759. The summed E-state index contributed by atoms with van der Waals surface area (Å²) >= 11 is 0. The van der Waals surface area contributed by atoms with E-state index in [1.165, 1.54) is 0 Å². The van der Waals surface area contributed by atoms with Gasteiger partial charge in [0.15, 0.2) is 0 Å². The molecule has 3 N–H and O–H groups in total. The van der Waals surface area contributed by atoms with Gasteiger partial charge in [-0.3, -0.25) is 4.90 Å². The van der Waals surface area contributed by atoms with Crippen molar-refractivity contribution in [3.05, 3.63) is 17.6 Å². The first-order valence-electron chi connectivity index (χ1n) is 5.03. The van der Waals surface area contributed by atoms with E-state index in [0.29, 0.717) is 0 Å². The molecule has 14 heavy (non-hydrogen) atoms. The summed E-state index contributed by atoms with van der Waals surface area (Å²) in [7, 11) is 0. The van der Waals surface area contributed by atoms with Gasteiger partial charge < -0.3 is 15.5 Å². The van der Waals surface area contributed by atoms with Crippen LogP contribution in [0.2, 0.25) is 0 Å². The van der Waals surface area contributed by atoms with Crippen LogP contribution < -0.4 is 11.1 Å². The lowest BCUT2D eigenvalue weighted by atomic mass is 10.3. The largest absolute Gasteiger partial charge is 0.463 e. The third-order valence-corrected chi connectivity index (χ3v) is 2.60. The lowest BCUT2D eigenvalue weighted by molar-refractivity contribution is 0.215. The molecular weight excluding hydrogens is 178 g/mol. The second kappa shape index (κ2) is 4.02. The third-order valence-electron chi connectivity index (χ3n) is 2.60. The lowest BCUT2D eigenvalue weighted by Gasteiger charge is -2.26. The topological polar surface area (TPSA) is 54.4 Å². The first kappa shape index (κ1) is 9.55. The van der Waals surface area contributed by atoms with Crippen molar-refractivity contribution in [2.75, 3.05) is 31.9 Å². The summed E-state index contributed by atoms with van der Waals surface area (Å²) < 4.78 is 5.53. The van der Waals surface area contributed by atoms with Crippen LogP contribution in [0.25, 0.3) is 0 Å². The highest BCUT2D eigenvalue weighted by atomic mass is 16.3. The van der Waals surface area contributed by atoms with Crippen LogP contribution in [0.15, 0.2) is 10.5 Å². The summed E-state index contributed by atoms with van der Waals surface area (Å²) in [5, 5.41) is 3.32. The summed E-state index contributed by atoms with van der Waals surface area (Å²) in [4.78, 5) is 2.37. The van der Waals surface area contributed by atoms with Gasteiger partial charge in [0.2, 0.25) is 0 Å². The molecule has 0 aliphatic carbocycles. The van der Waals surface area contributed by atoms with Gasteiger partial charge in [0, 0.05) is 32.2 Å². The quantitative estimate of drug-likeness (QED) is 0.724. The maximum Gasteiger partial charge on any atom is 0.124 e. The molecule has 1 fully saturated rings.